The van der Waals surface area contributed by atoms with Crippen LogP contribution < -0.4 is 11.1 Å². The molecule has 3 unspecified atom stereocenters. The molecule has 1 amide bonds. The highest BCUT2D eigenvalue weighted by Crippen LogP contribution is 2.48. The van der Waals surface area contributed by atoms with Crippen molar-refractivity contribution in [3.05, 3.63) is 29.8 Å². The third-order valence-corrected chi connectivity index (χ3v) is 4.75. The first-order valence-electron chi connectivity index (χ1n) is 6.84. The Morgan fingerprint density at radius 3 is 2.47 bits per heavy atom. The van der Waals surface area contributed by atoms with Gasteiger partial charge in [0.15, 0.2) is 0 Å². The molecule has 3 N–H and O–H groups in total. The molecule has 4 heteroatoms. The number of hydrogen-bond donors (Lipinski definition) is 2. The van der Waals surface area contributed by atoms with Gasteiger partial charge in [-0.1, -0.05) is 18.6 Å². The molecule has 19 heavy (non-hydrogen) atoms. The molecule has 1 aromatic rings. The predicted molar refractivity (Wildman–Crippen MR) is 79.9 cm³/mol. The molecule has 1 aromatic carbocycles. The van der Waals surface area contributed by atoms with Gasteiger partial charge in [-0.2, -0.15) is 0 Å². The van der Waals surface area contributed by atoms with E-state index in [-0.39, 0.29) is 11.8 Å². The molecule has 0 aromatic heterocycles. The number of nitrogens with two attached hydrogens (primary N) is 1. The van der Waals surface area contributed by atoms with Crippen molar-refractivity contribution >= 4 is 28.8 Å². The van der Waals surface area contributed by atoms with Crippen LogP contribution in [0.5, 0.6) is 0 Å². The summed E-state index contributed by atoms with van der Waals surface area (Å²) in [6.45, 7) is 0. The first-order valence-corrected chi connectivity index (χ1v) is 7.25. The number of carbonyl (C=O) groups excluding carboxylic acids is 1. The standard InChI is InChI=1S/C15H18N2OS/c16-14(19)10-3-5-12(6-4-10)17-15(18)13-8-9-1-2-11(13)7-9/h3-6,9,11,13H,1-2,7-8H2,(H2,16,19)(H,17,18). The Labute approximate surface area is 118 Å². The Morgan fingerprint density at radius 1 is 1.21 bits per heavy atom. The number of rotatable bonds is 3. The molecule has 0 radical (unpaired) electrons. The lowest BCUT2D eigenvalue weighted by atomic mass is 9.88. The van der Waals surface area contributed by atoms with Crippen LogP contribution in [0.15, 0.2) is 24.3 Å². The van der Waals surface area contributed by atoms with Gasteiger partial charge in [-0.15, -0.1) is 0 Å². The minimum atomic E-state index is 0.176. The lowest BCUT2D eigenvalue weighted by Crippen LogP contribution is -2.27. The van der Waals surface area contributed by atoms with Crippen LogP contribution in [-0.2, 0) is 4.79 Å². The third-order valence-electron chi connectivity index (χ3n) is 4.51. The fourth-order valence-corrected chi connectivity index (χ4v) is 3.65. The van der Waals surface area contributed by atoms with Gasteiger partial charge in [0.1, 0.15) is 4.99 Å². The highest BCUT2D eigenvalue weighted by Gasteiger charge is 2.42. The summed E-state index contributed by atoms with van der Waals surface area (Å²) in [4.78, 5) is 12.6. The van der Waals surface area contributed by atoms with Crippen LogP contribution in [0.3, 0.4) is 0 Å². The molecular formula is C15H18N2OS. The zero-order chi connectivity index (χ0) is 13.4. The highest BCUT2D eigenvalue weighted by atomic mass is 32.1. The summed E-state index contributed by atoms with van der Waals surface area (Å²) in [6, 6.07) is 7.41. The van der Waals surface area contributed by atoms with E-state index in [2.05, 4.69) is 5.32 Å². The van der Waals surface area contributed by atoms with Crippen LogP contribution in [0.4, 0.5) is 5.69 Å². The van der Waals surface area contributed by atoms with E-state index >= 15 is 0 Å². The Balaban J connectivity index is 1.64. The Morgan fingerprint density at radius 2 is 1.95 bits per heavy atom. The number of thiocarbonyl (C=S) groups is 1. The predicted octanol–water partition coefficient (Wildman–Crippen LogP) is 2.70. The van der Waals surface area contributed by atoms with Crippen molar-refractivity contribution in [2.24, 2.45) is 23.5 Å². The molecule has 0 heterocycles. The number of fused-ring (bicyclic) bond motifs is 2. The summed E-state index contributed by atoms with van der Waals surface area (Å²) in [5.74, 6) is 1.79. The third kappa shape index (κ3) is 2.50. The van der Waals surface area contributed by atoms with E-state index in [1.807, 2.05) is 24.3 Å². The van der Waals surface area contributed by atoms with E-state index in [4.69, 9.17) is 18.0 Å². The smallest absolute Gasteiger partial charge is 0.227 e. The topological polar surface area (TPSA) is 55.1 Å². The van der Waals surface area contributed by atoms with E-state index in [1.54, 1.807) is 0 Å². The van der Waals surface area contributed by atoms with Crippen molar-refractivity contribution in [1.29, 1.82) is 0 Å². The first-order chi connectivity index (χ1) is 9.13. The van der Waals surface area contributed by atoms with Crippen molar-refractivity contribution in [1.82, 2.24) is 0 Å². The quantitative estimate of drug-likeness (QED) is 0.833. The second-order valence-corrected chi connectivity index (χ2v) is 6.15. The number of nitrogens with one attached hydrogen (secondary N) is 1. The summed E-state index contributed by atoms with van der Waals surface area (Å²) in [7, 11) is 0. The number of anilines is 1. The maximum Gasteiger partial charge on any atom is 0.227 e. The average Bonchev–Trinajstić information content (AvgIpc) is 3.01. The molecule has 100 valence electrons. The van der Waals surface area contributed by atoms with E-state index in [1.165, 1.54) is 19.3 Å². The van der Waals surface area contributed by atoms with Gasteiger partial charge in [0.25, 0.3) is 0 Å². The number of hydrogen-bond acceptors (Lipinski definition) is 2. The Hall–Kier alpha value is -1.42. The Kier molecular flexibility index (Phi) is 3.27. The minimum Gasteiger partial charge on any atom is -0.389 e. The average molecular weight is 274 g/mol. The zero-order valence-corrected chi connectivity index (χ0v) is 11.6. The number of carbonyl (C=O) groups is 1. The normalized spacial score (nSPS) is 28.3. The molecule has 3 nitrogen and oxygen atoms in total. The van der Waals surface area contributed by atoms with Crippen LogP contribution in [0.25, 0.3) is 0 Å². The van der Waals surface area contributed by atoms with Crippen molar-refractivity contribution in [3.63, 3.8) is 0 Å². The molecule has 2 saturated carbocycles. The first kappa shape index (κ1) is 12.6. The van der Waals surface area contributed by atoms with Crippen molar-refractivity contribution in [2.75, 3.05) is 5.32 Å². The zero-order valence-electron chi connectivity index (χ0n) is 10.8. The van der Waals surface area contributed by atoms with Gasteiger partial charge in [-0.05, 0) is 55.4 Å². The number of benzene rings is 1. The highest BCUT2D eigenvalue weighted by molar-refractivity contribution is 7.80. The van der Waals surface area contributed by atoms with Gasteiger partial charge in [-0.25, -0.2) is 0 Å². The molecule has 2 bridgehead atoms. The fourth-order valence-electron chi connectivity index (χ4n) is 3.52. The second-order valence-electron chi connectivity index (χ2n) is 5.71. The lowest BCUT2D eigenvalue weighted by Gasteiger charge is -2.20. The molecular weight excluding hydrogens is 256 g/mol. The lowest BCUT2D eigenvalue weighted by molar-refractivity contribution is -0.121. The Bertz CT molecular complexity index is 511. The van der Waals surface area contributed by atoms with Gasteiger partial charge in [0.2, 0.25) is 5.91 Å². The maximum atomic E-state index is 12.3. The van der Waals surface area contributed by atoms with Crippen LogP contribution in [0, 0.1) is 17.8 Å². The van der Waals surface area contributed by atoms with Crippen LogP contribution >= 0.6 is 12.2 Å². The van der Waals surface area contributed by atoms with E-state index in [0.717, 1.165) is 23.6 Å². The monoisotopic (exact) mass is 274 g/mol. The van der Waals surface area contributed by atoms with Crippen LogP contribution in [-0.4, -0.2) is 10.9 Å². The summed E-state index contributed by atoms with van der Waals surface area (Å²) in [5, 5.41) is 3.01. The van der Waals surface area contributed by atoms with Crippen molar-refractivity contribution < 1.29 is 4.79 Å². The summed E-state index contributed by atoms with van der Waals surface area (Å²) in [5.41, 5.74) is 7.20. The van der Waals surface area contributed by atoms with Crippen LogP contribution in [0.1, 0.15) is 31.2 Å². The van der Waals surface area contributed by atoms with E-state index < -0.39 is 0 Å². The molecule has 0 spiro atoms. The van der Waals surface area contributed by atoms with Gasteiger partial charge in [0, 0.05) is 17.2 Å². The summed E-state index contributed by atoms with van der Waals surface area (Å²) < 4.78 is 0. The largest absolute Gasteiger partial charge is 0.389 e. The summed E-state index contributed by atoms with van der Waals surface area (Å²) >= 11 is 4.91. The molecule has 0 saturated heterocycles. The van der Waals surface area contributed by atoms with Crippen molar-refractivity contribution in [3.8, 4) is 0 Å². The molecule has 2 fully saturated rings. The van der Waals surface area contributed by atoms with Crippen LogP contribution in [0.2, 0.25) is 0 Å². The fraction of sp³-hybridized carbons (Fsp3) is 0.467. The van der Waals surface area contributed by atoms with Crippen molar-refractivity contribution in [2.45, 2.75) is 25.7 Å². The SMILES string of the molecule is NC(=S)c1ccc(NC(=O)C2CC3CCC2C3)cc1. The van der Waals surface area contributed by atoms with E-state index in [0.29, 0.717) is 10.9 Å². The molecule has 3 atom stereocenters. The van der Waals surface area contributed by atoms with Gasteiger partial charge in [-0.3, -0.25) is 4.79 Å². The summed E-state index contributed by atoms with van der Waals surface area (Å²) in [6.07, 6.45) is 4.86. The molecule has 2 aliphatic carbocycles. The minimum absolute atomic E-state index is 0.176. The second kappa shape index (κ2) is 4.93. The van der Waals surface area contributed by atoms with E-state index in [9.17, 15) is 4.79 Å². The number of amides is 1. The van der Waals surface area contributed by atoms with Gasteiger partial charge in [0.05, 0.1) is 0 Å². The molecule has 0 aliphatic heterocycles. The molecule has 2 aliphatic rings. The molecule has 3 rings (SSSR count). The maximum absolute atomic E-state index is 12.3. The van der Waals surface area contributed by atoms with Gasteiger partial charge >= 0.3 is 0 Å². The van der Waals surface area contributed by atoms with Gasteiger partial charge < -0.3 is 11.1 Å².